The van der Waals surface area contributed by atoms with Gasteiger partial charge in [0.15, 0.2) is 0 Å². The van der Waals surface area contributed by atoms with E-state index in [0.717, 1.165) is 74.6 Å². The fraction of sp³-hybridized carbons (Fsp3) is 0.538. The highest BCUT2D eigenvalue weighted by Crippen LogP contribution is 2.40. The van der Waals surface area contributed by atoms with Crippen molar-refractivity contribution in [2.24, 2.45) is 11.8 Å². The first-order valence-corrected chi connectivity index (χ1v) is 12.8. The minimum Gasteiger partial charge on any atom is -0.356 e. The number of nitrogens with zero attached hydrogens (tertiary/aromatic N) is 6. The Morgan fingerprint density at radius 1 is 0.972 bits per heavy atom. The number of piperidine rings is 1. The van der Waals surface area contributed by atoms with E-state index in [9.17, 15) is 13.2 Å². The number of alkyl halides is 3. The van der Waals surface area contributed by atoms with Gasteiger partial charge in [0.25, 0.3) is 0 Å². The number of nitrogens with one attached hydrogen (secondary N) is 1. The normalized spacial score (nSPS) is 25.9. The van der Waals surface area contributed by atoms with Gasteiger partial charge in [-0.05, 0) is 62.1 Å². The molecule has 1 aliphatic carbocycles. The molecule has 190 valence electrons. The molecule has 2 aliphatic heterocycles. The standard InChI is InChI=1S/C26H30F3N7/c1-16-12-22(31-15-30-16)35-13-18-5-6-19(14-35)23(18)32-25-33-24-21(4-2-3-11-36(24)34-25)17-7-9-20(10-8-17)26(27,28)29/h7-10,12,15,18-19,21,23H,2-6,11,13-14H2,1H3,(H,32,34)/t18-,19+,21?,23-. The topological polar surface area (TPSA) is 71.8 Å². The van der Waals surface area contributed by atoms with Crippen LogP contribution in [-0.2, 0) is 12.7 Å². The van der Waals surface area contributed by atoms with Crippen molar-refractivity contribution < 1.29 is 13.2 Å². The Balaban J connectivity index is 1.20. The van der Waals surface area contributed by atoms with Crippen LogP contribution < -0.4 is 10.2 Å². The molecule has 1 aromatic carbocycles. The van der Waals surface area contributed by atoms with Gasteiger partial charge in [-0.25, -0.2) is 14.6 Å². The smallest absolute Gasteiger partial charge is 0.356 e. The predicted octanol–water partition coefficient (Wildman–Crippen LogP) is 5.04. The molecule has 10 heteroatoms. The van der Waals surface area contributed by atoms with Crippen LogP contribution in [0.2, 0.25) is 0 Å². The number of aromatic nitrogens is 5. The van der Waals surface area contributed by atoms with E-state index in [2.05, 4.69) is 20.2 Å². The predicted molar refractivity (Wildman–Crippen MR) is 130 cm³/mol. The van der Waals surface area contributed by atoms with Crippen LogP contribution in [0.5, 0.6) is 0 Å². The fourth-order valence-electron chi connectivity index (χ4n) is 6.20. The summed E-state index contributed by atoms with van der Waals surface area (Å²) in [6, 6.07) is 7.88. The second kappa shape index (κ2) is 9.05. The van der Waals surface area contributed by atoms with Crippen LogP contribution in [0.3, 0.4) is 0 Å². The van der Waals surface area contributed by atoms with Crippen LogP contribution in [0.1, 0.15) is 60.7 Å². The first-order chi connectivity index (χ1) is 17.3. The van der Waals surface area contributed by atoms with Gasteiger partial charge in [0, 0.05) is 43.4 Å². The van der Waals surface area contributed by atoms with Gasteiger partial charge in [0.05, 0.1) is 5.56 Å². The van der Waals surface area contributed by atoms with Gasteiger partial charge in [0.1, 0.15) is 18.0 Å². The van der Waals surface area contributed by atoms with Gasteiger partial charge < -0.3 is 10.2 Å². The molecule has 0 radical (unpaired) electrons. The summed E-state index contributed by atoms with van der Waals surface area (Å²) < 4.78 is 41.1. The molecule has 1 saturated heterocycles. The Morgan fingerprint density at radius 2 is 1.72 bits per heavy atom. The lowest BCUT2D eigenvalue weighted by molar-refractivity contribution is -0.137. The summed E-state index contributed by atoms with van der Waals surface area (Å²) in [5.74, 6) is 3.37. The number of halogens is 3. The Morgan fingerprint density at radius 3 is 2.42 bits per heavy atom. The van der Waals surface area contributed by atoms with Gasteiger partial charge >= 0.3 is 6.18 Å². The Bertz CT molecular complexity index is 1210. The number of fused-ring (bicyclic) bond motifs is 3. The lowest BCUT2D eigenvalue weighted by Gasteiger charge is -2.38. The number of aryl methyl sites for hydroxylation is 2. The summed E-state index contributed by atoms with van der Waals surface area (Å²) in [6.45, 7) is 4.64. The van der Waals surface area contributed by atoms with Crippen LogP contribution in [0.25, 0.3) is 0 Å². The quantitative estimate of drug-likeness (QED) is 0.545. The monoisotopic (exact) mass is 497 g/mol. The molecule has 2 aromatic heterocycles. The largest absolute Gasteiger partial charge is 0.416 e. The van der Waals surface area contributed by atoms with Crippen LogP contribution >= 0.6 is 0 Å². The van der Waals surface area contributed by atoms with Gasteiger partial charge in [-0.3, -0.25) is 0 Å². The van der Waals surface area contributed by atoms with Gasteiger partial charge in [-0.15, -0.1) is 5.10 Å². The molecule has 2 bridgehead atoms. The zero-order valence-corrected chi connectivity index (χ0v) is 20.2. The van der Waals surface area contributed by atoms with Crippen molar-refractivity contribution >= 4 is 11.8 Å². The number of rotatable bonds is 4. The highest BCUT2D eigenvalue weighted by Gasteiger charge is 2.43. The molecule has 0 amide bonds. The Hall–Kier alpha value is -3.17. The molecule has 4 heterocycles. The van der Waals surface area contributed by atoms with Crippen molar-refractivity contribution in [2.75, 3.05) is 23.3 Å². The van der Waals surface area contributed by atoms with Gasteiger partial charge in [-0.2, -0.15) is 18.2 Å². The maximum atomic E-state index is 13.1. The molecule has 36 heavy (non-hydrogen) atoms. The van der Waals surface area contributed by atoms with Crippen molar-refractivity contribution in [3.63, 3.8) is 0 Å². The molecule has 3 aromatic rings. The summed E-state index contributed by atoms with van der Waals surface area (Å²) in [4.78, 5) is 16.0. The van der Waals surface area contributed by atoms with Crippen LogP contribution in [0.15, 0.2) is 36.7 Å². The summed E-state index contributed by atoms with van der Waals surface area (Å²) in [6.07, 6.45) is 2.44. The summed E-state index contributed by atoms with van der Waals surface area (Å²) in [5, 5.41) is 8.46. The first-order valence-electron chi connectivity index (χ1n) is 12.8. The third kappa shape index (κ3) is 4.41. The van der Waals surface area contributed by atoms with E-state index >= 15 is 0 Å². The number of anilines is 2. The van der Waals surface area contributed by atoms with Crippen molar-refractivity contribution in [2.45, 2.75) is 63.7 Å². The van der Waals surface area contributed by atoms with Crippen molar-refractivity contribution in [3.8, 4) is 0 Å². The first kappa shape index (κ1) is 23.2. The fourth-order valence-corrected chi connectivity index (χ4v) is 6.20. The molecule has 7 nitrogen and oxygen atoms in total. The maximum absolute atomic E-state index is 13.1. The zero-order chi connectivity index (χ0) is 24.9. The molecule has 3 aliphatic rings. The van der Waals surface area contributed by atoms with E-state index < -0.39 is 11.7 Å². The molecule has 1 saturated carbocycles. The van der Waals surface area contributed by atoms with E-state index in [4.69, 9.17) is 10.1 Å². The molecule has 6 rings (SSSR count). The highest BCUT2D eigenvalue weighted by molar-refractivity contribution is 5.42. The molecule has 2 fully saturated rings. The second-order valence-corrected chi connectivity index (χ2v) is 10.4. The van der Waals surface area contributed by atoms with E-state index in [0.29, 0.717) is 23.8 Å². The summed E-state index contributed by atoms with van der Waals surface area (Å²) in [5.41, 5.74) is 1.21. The SMILES string of the molecule is Cc1cc(N2C[C@H]3CC[C@@H](C2)[C@@H]3Nc2nc3n(n2)CCCCC3c2ccc(C(F)(F)F)cc2)ncn1. The lowest BCUT2D eigenvalue weighted by atomic mass is 9.92. The minimum atomic E-state index is -4.33. The Kier molecular flexibility index (Phi) is 5.84. The van der Waals surface area contributed by atoms with Gasteiger partial charge in [0.2, 0.25) is 5.95 Å². The zero-order valence-electron chi connectivity index (χ0n) is 20.2. The lowest BCUT2D eigenvalue weighted by Crippen LogP contribution is -2.48. The van der Waals surface area contributed by atoms with E-state index in [1.807, 2.05) is 17.7 Å². The minimum absolute atomic E-state index is 0.0580. The number of hydrogen-bond acceptors (Lipinski definition) is 6. The Labute approximate surface area is 208 Å². The van der Waals surface area contributed by atoms with Crippen LogP contribution in [0, 0.1) is 18.8 Å². The summed E-state index contributed by atoms with van der Waals surface area (Å²) in [7, 11) is 0. The van der Waals surface area contributed by atoms with Crippen molar-refractivity contribution in [3.05, 3.63) is 59.3 Å². The third-order valence-electron chi connectivity index (χ3n) is 8.01. The van der Waals surface area contributed by atoms with Gasteiger partial charge in [-0.1, -0.05) is 18.6 Å². The van der Waals surface area contributed by atoms with Crippen molar-refractivity contribution in [1.82, 2.24) is 24.7 Å². The van der Waals surface area contributed by atoms with E-state index in [-0.39, 0.29) is 5.92 Å². The maximum Gasteiger partial charge on any atom is 0.416 e. The third-order valence-corrected chi connectivity index (χ3v) is 8.01. The van der Waals surface area contributed by atoms with Crippen LogP contribution in [0.4, 0.5) is 24.9 Å². The molecule has 4 atom stereocenters. The average molecular weight is 498 g/mol. The summed E-state index contributed by atoms with van der Waals surface area (Å²) >= 11 is 0. The average Bonchev–Trinajstić information content (AvgIpc) is 3.25. The van der Waals surface area contributed by atoms with Crippen LogP contribution in [-0.4, -0.2) is 43.9 Å². The molecule has 1 unspecified atom stereocenters. The highest BCUT2D eigenvalue weighted by atomic mass is 19.4. The van der Waals surface area contributed by atoms with E-state index in [1.165, 1.54) is 12.1 Å². The molecule has 0 spiro atoms. The van der Waals surface area contributed by atoms with Crippen molar-refractivity contribution in [1.29, 1.82) is 0 Å². The molecular weight excluding hydrogens is 467 g/mol. The molecule has 1 N–H and O–H groups in total. The molecular formula is C26H30F3N7. The second-order valence-electron chi connectivity index (χ2n) is 10.4. The van der Waals surface area contributed by atoms with E-state index in [1.54, 1.807) is 18.5 Å². The number of benzene rings is 1. The number of hydrogen-bond donors (Lipinski definition) is 1.